The van der Waals surface area contributed by atoms with Gasteiger partial charge in [-0.3, -0.25) is 14.6 Å². The van der Waals surface area contributed by atoms with Gasteiger partial charge in [0.25, 0.3) is 0 Å². The first-order valence-corrected chi connectivity index (χ1v) is 5.15. The minimum atomic E-state index is -1.14. The van der Waals surface area contributed by atoms with E-state index in [0.717, 1.165) is 0 Å². The lowest BCUT2D eigenvalue weighted by Crippen LogP contribution is -2.34. The molecule has 0 atom stereocenters. The number of amides is 1. The van der Waals surface area contributed by atoms with Gasteiger partial charge in [0.15, 0.2) is 5.69 Å². The Bertz CT molecular complexity index is 491. The zero-order chi connectivity index (χ0) is 14.3. The van der Waals surface area contributed by atoms with Crippen LogP contribution in [-0.2, 0) is 14.3 Å². The van der Waals surface area contributed by atoms with Crippen molar-refractivity contribution in [3.63, 3.8) is 0 Å². The number of aliphatic carboxylic acids is 1. The number of rotatable bonds is 6. The molecule has 1 aromatic heterocycles. The SMILES string of the molecule is COC(=O)c1cncc(NCC(=O)NCC(=O)O)n1. The van der Waals surface area contributed by atoms with Gasteiger partial charge in [0.05, 0.1) is 26.0 Å². The molecule has 1 amide bonds. The molecule has 0 fully saturated rings. The smallest absolute Gasteiger partial charge is 0.358 e. The van der Waals surface area contributed by atoms with Crippen LogP contribution in [0.2, 0.25) is 0 Å². The Labute approximate surface area is 108 Å². The van der Waals surface area contributed by atoms with Gasteiger partial charge < -0.3 is 20.5 Å². The number of carboxylic acids is 1. The topological polar surface area (TPSA) is 131 Å². The van der Waals surface area contributed by atoms with Crippen molar-refractivity contribution in [1.29, 1.82) is 0 Å². The molecule has 19 heavy (non-hydrogen) atoms. The molecule has 1 rings (SSSR count). The standard InChI is InChI=1S/C10H12N4O5/c1-19-10(18)6-2-11-3-7(14-6)12-4-8(15)13-5-9(16)17/h2-3H,4-5H2,1H3,(H,12,14)(H,13,15)(H,16,17). The third kappa shape index (κ3) is 4.98. The Morgan fingerprint density at radius 2 is 2.05 bits per heavy atom. The number of aromatic nitrogens is 2. The molecule has 1 heterocycles. The highest BCUT2D eigenvalue weighted by Crippen LogP contribution is 2.02. The molecule has 0 aliphatic carbocycles. The van der Waals surface area contributed by atoms with Crippen LogP contribution in [0.5, 0.6) is 0 Å². The van der Waals surface area contributed by atoms with Gasteiger partial charge in [0.2, 0.25) is 5.91 Å². The van der Waals surface area contributed by atoms with Crippen molar-refractivity contribution in [2.24, 2.45) is 0 Å². The van der Waals surface area contributed by atoms with Gasteiger partial charge in [0, 0.05) is 0 Å². The third-order valence-corrected chi connectivity index (χ3v) is 1.90. The number of anilines is 1. The molecule has 0 saturated carbocycles. The molecule has 3 N–H and O–H groups in total. The molecule has 9 heteroatoms. The highest BCUT2D eigenvalue weighted by molar-refractivity contribution is 5.87. The van der Waals surface area contributed by atoms with Crippen molar-refractivity contribution in [2.45, 2.75) is 0 Å². The normalized spacial score (nSPS) is 9.53. The Morgan fingerprint density at radius 1 is 1.32 bits per heavy atom. The van der Waals surface area contributed by atoms with E-state index < -0.39 is 24.4 Å². The summed E-state index contributed by atoms with van der Waals surface area (Å²) in [6.07, 6.45) is 2.54. The van der Waals surface area contributed by atoms with Gasteiger partial charge >= 0.3 is 11.9 Å². The van der Waals surface area contributed by atoms with Crippen molar-refractivity contribution >= 4 is 23.7 Å². The van der Waals surface area contributed by atoms with Gasteiger partial charge in [-0.15, -0.1) is 0 Å². The molecule has 0 saturated heterocycles. The number of hydrogen-bond acceptors (Lipinski definition) is 7. The van der Waals surface area contributed by atoms with E-state index in [0.29, 0.717) is 0 Å². The number of ether oxygens (including phenoxy) is 1. The molecule has 0 spiro atoms. The lowest BCUT2D eigenvalue weighted by molar-refractivity contribution is -0.137. The molecule has 1 aromatic rings. The number of hydrogen-bond donors (Lipinski definition) is 3. The van der Waals surface area contributed by atoms with Crippen LogP contribution in [-0.4, -0.2) is 53.1 Å². The Morgan fingerprint density at radius 3 is 2.68 bits per heavy atom. The molecule has 0 radical (unpaired) electrons. The molecule has 0 aliphatic rings. The van der Waals surface area contributed by atoms with Gasteiger partial charge in [-0.1, -0.05) is 0 Å². The van der Waals surface area contributed by atoms with Gasteiger partial charge in [-0.25, -0.2) is 9.78 Å². The largest absolute Gasteiger partial charge is 0.480 e. The second kappa shape index (κ2) is 6.89. The number of esters is 1. The summed E-state index contributed by atoms with van der Waals surface area (Å²) >= 11 is 0. The summed E-state index contributed by atoms with van der Waals surface area (Å²) in [5, 5.41) is 13.1. The summed E-state index contributed by atoms with van der Waals surface area (Å²) in [7, 11) is 1.21. The maximum absolute atomic E-state index is 11.2. The molecular weight excluding hydrogens is 256 g/mol. The van der Waals surface area contributed by atoms with Crippen LogP contribution < -0.4 is 10.6 Å². The van der Waals surface area contributed by atoms with E-state index in [1.165, 1.54) is 19.5 Å². The monoisotopic (exact) mass is 268 g/mol. The predicted molar refractivity (Wildman–Crippen MR) is 62.5 cm³/mol. The maximum atomic E-state index is 11.2. The van der Waals surface area contributed by atoms with Crippen molar-refractivity contribution in [3.05, 3.63) is 18.1 Å². The quantitative estimate of drug-likeness (QED) is 0.553. The molecular formula is C10H12N4O5. The minimum Gasteiger partial charge on any atom is -0.480 e. The fourth-order valence-corrected chi connectivity index (χ4v) is 1.06. The van der Waals surface area contributed by atoms with Crippen LogP contribution in [0.1, 0.15) is 10.5 Å². The predicted octanol–water partition coefficient (Wildman–Crippen LogP) is -1.12. The Hall–Kier alpha value is -2.71. The number of carbonyl (C=O) groups is 3. The number of nitrogens with one attached hydrogen (secondary N) is 2. The average molecular weight is 268 g/mol. The zero-order valence-electron chi connectivity index (χ0n) is 10.0. The Balaban J connectivity index is 2.51. The van der Waals surface area contributed by atoms with Crippen LogP contribution in [0.25, 0.3) is 0 Å². The van der Waals surface area contributed by atoms with Gasteiger partial charge in [-0.2, -0.15) is 0 Å². The van der Waals surface area contributed by atoms with E-state index in [1.54, 1.807) is 0 Å². The lowest BCUT2D eigenvalue weighted by atomic mass is 10.4. The molecule has 9 nitrogen and oxygen atoms in total. The summed E-state index contributed by atoms with van der Waals surface area (Å²) in [6, 6.07) is 0. The lowest BCUT2D eigenvalue weighted by Gasteiger charge is -2.06. The molecule has 0 bridgehead atoms. The second-order valence-corrected chi connectivity index (χ2v) is 3.31. The summed E-state index contributed by atoms with van der Waals surface area (Å²) in [4.78, 5) is 40.2. The summed E-state index contributed by atoms with van der Waals surface area (Å²) in [5.74, 6) is -2.10. The van der Waals surface area contributed by atoms with E-state index in [-0.39, 0.29) is 18.1 Å². The first-order valence-electron chi connectivity index (χ1n) is 5.15. The molecule has 0 unspecified atom stereocenters. The summed E-state index contributed by atoms with van der Waals surface area (Å²) in [5.41, 5.74) is -0.00144. The first kappa shape index (κ1) is 14.4. The molecule has 0 aromatic carbocycles. The summed E-state index contributed by atoms with van der Waals surface area (Å²) < 4.78 is 4.47. The molecule has 0 aliphatic heterocycles. The van der Waals surface area contributed by atoms with Gasteiger partial charge in [0.1, 0.15) is 12.4 Å². The molecule has 102 valence electrons. The van der Waals surface area contributed by atoms with Crippen molar-refractivity contribution in [2.75, 3.05) is 25.5 Å². The first-order chi connectivity index (χ1) is 9.02. The maximum Gasteiger partial charge on any atom is 0.358 e. The Kier molecular flexibility index (Phi) is 5.20. The van der Waals surface area contributed by atoms with E-state index in [2.05, 4.69) is 25.3 Å². The number of carbonyl (C=O) groups excluding carboxylic acids is 2. The average Bonchev–Trinajstić information content (AvgIpc) is 2.42. The summed E-state index contributed by atoms with van der Waals surface area (Å²) in [6.45, 7) is -0.652. The minimum absolute atomic E-state index is 0.00144. The fourth-order valence-electron chi connectivity index (χ4n) is 1.06. The van der Waals surface area contributed by atoms with Gasteiger partial charge in [-0.05, 0) is 0 Å². The zero-order valence-corrected chi connectivity index (χ0v) is 10.0. The fraction of sp³-hybridized carbons (Fsp3) is 0.300. The third-order valence-electron chi connectivity index (χ3n) is 1.90. The van der Waals surface area contributed by atoms with E-state index >= 15 is 0 Å². The van der Waals surface area contributed by atoms with Crippen LogP contribution in [0.4, 0.5) is 5.82 Å². The van der Waals surface area contributed by atoms with E-state index in [1.807, 2.05) is 0 Å². The van der Waals surface area contributed by atoms with E-state index in [9.17, 15) is 14.4 Å². The van der Waals surface area contributed by atoms with Crippen LogP contribution >= 0.6 is 0 Å². The van der Waals surface area contributed by atoms with Crippen LogP contribution in [0.3, 0.4) is 0 Å². The van der Waals surface area contributed by atoms with Crippen molar-refractivity contribution in [3.8, 4) is 0 Å². The number of nitrogens with zero attached hydrogens (tertiary/aromatic N) is 2. The highest BCUT2D eigenvalue weighted by atomic mass is 16.5. The van der Waals surface area contributed by atoms with Crippen LogP contribution in [0, 0.1) is 0 Å². The van der Waals surface area contributed by atoms with Crippen molar-refractivity contribution < 1.29 is 24.2 Å². The number of carboxylic acid groups (broad SMARTS) is 1. The van der Waals surface area contributed by atoms with E-state index in [4.69, 9.17) is 5.11 Å². The second-order valence-electron chi connectivity index (χ2n) is 3.31. The van der Waals surface area contributed by atoms with Crippen LogP contribution in [0.15, 0.2) is 12.4 Å². The van der Waals surface area contributed by atoms with Crippen molar-refractivity contribution in [1.82, 2.24) is 15.3 Å². The number of methoxy groups -OCH3 is 1. The highest BCUT2D eigenvalue weighted by Gasteiger charge is 2.09.